The average Bonchev–Trinajstić information content (AvgIpc) is 3.58. The predicted molar refractivity (Wildman–Crippen MR) is 112 cm³/mol. The van der Waals surface area contributed by atoms with Crippen molar-refractivity contribution in [1.29, 1.82) is 0 Å². The zero-order valence-corrected chi connectivity index (χ0v) is 18.8. The highest BCUT2D eigenvalue weighted by Crippen LogP contribution is 2.40. The Hall–Kier alpha value is -1.54. The molecule has 0 radical (unpaired) electrons. The van der Waals surface area contributed by atoms with E-state index in [0.29, 0.717) is 74.5 Å². The highest BCUT2D eigenvalue weighted by Gasteiger charge is 2.44. The van der Waals surface area contributed by atoms with Crippen molar-refractivity contribution in [3.8, 4) is 0 Å². The lowest BCUT2D eigenvalue weighted by molar-refractivity contribution is -0.178. The standard InChI is InChI=1S/C24H36O8/c25-23(29-13-17-5-6-21-22(9-17)32-21)27-11-15-1-3-16(4-2-15)12-28-24(26)30-14-18-7-19-10-20(8-18)31-19/h15-22H,1-14H2. The van der Waals surface area contributed by atoms with Gasteiger partial charge in [0.1, 0.15) is 0 Å². The molecule has 6 rings (SSSR count). The van der Waals surface area contributed by atoms with Crippen LogP contribution in [0.2, 0.25) is 0 Å². The highest BCUT2D eigenvalue weighted by atomic mass is 16.7. The molecular weight excluding hydrogens is 416 g/mol. The Morgan fingerprint density at radius 2 is 1.00 bits per heavy atom. The van der Waals surface area contributed by atoms with Crippen molar-refractivity contribution in [1.82, 2.24) is 0 Å². The Bertz CT molecular complexity index is 609. The number of hydrogen-bond donors (Lipinski definition) is 0. The van der Waals surface area contributed by atoms with Crippen LogP contribution in [0.15, 0.2) is 0 Å². The Morgan fingerprint density at radius 1 is 0.531 bits per heavy atom. The van der Waals surface area contributed by atoms with Gasteiger partial charge >= 0.3 is 12.3 Å². The van der Waals surface area contributed by atoms with E-state index >= 15 is 0 Å². The van der Waals surface area contributed by atoms with Crippen LogP contribution in [0.3, 0.4) is 0 Å². The summed E-state index contributed by atoms with van der Waals surface area (Å²) in [7, 11) is 0. The fourth-order valence-electron chi connectivity index (χ4n) is 5.86. The lowest BCUT2D eigenvalue weighted by Crippen LogP contribution is -2.46. The first-order chi connectivity index (χ1) is 15.6. The molecule has 5 atom stereocenters. The molecule has 8 heteroatoms. The summed E-state index contributed by atoms with van der Waals surface area (Å²) in [6.45, 7) is 1.67. The van der Waals surface area contributed by atoms with E-state index < -0.39 is 12.3 Å². The average molecular weight is 453 g/mol. The minimum atomic E-state index is -0.557. The third kappa shape index (κ3) is 6.07. The van der Waals surface area contributed by atoms with Gasteiger partial charge in [-0.25, -0.2) is 9.59 Å². The van der Waals surface area contributed by atoms with Crippen molar-refractivity contribution >= 4 is 12.3 Å². The van der Waals surface area contributed by atoms with E-state index in [1.807, 2.05) is 0 Å². The monoisotopic (exact) mass is 452 g/mol. The van der Waals surface area contributed by atoms with Crippen LogP contribution in [0, 0.1) is 23.7 Å². The molecule has 3 heterocycles. The molecule has 3 aliphatic heterocycles. The zero-order chi connectivity index (χ0) is 21.9. The van der Waals surface area contributed by atoms with Gasteiger partial charge in [-0.2, -0.15) is 0 Å². The summed E-state index contributed by atoms with van der Waals surface area (Å²) in [4.78, 5) is 23.8. The van der Waals surface area contributed by atoms with Crippen molar-refractivity contribution in [3.63, 3.8) is 0 Å². The van der Waals surface area contributed by atoms with Gasteiger partial charge in [0.15, 0.2) is 0 Å². The van der Waals surface area contributed by atoms with Gasteiger partial charge in [0.2, 0.25) is 0 Å². The van der Waals surface area contributed by atoms with Crippen LogP contribution in [-0.2, 0) is 28.4 Å². The second kappa shape index (κ2) is 10.2. The Balaban J connectivity index is 0.881. The largest absolute Gasteiger partial charge is 0.508 e. The van der Waals surface area contributed by atoms with E-state index in [2.05, 4.69) is 0 Å². The van der Waals surface area contributed by atoms with E-state index in [4.69, 9.17) is 28.4 Å². The summed E-state index contributed by atoms with van der Waals surface area (Å²) >= 11 is 0. The minimum Gasteiger partial charge on any atom is -0.434 e. The molecule has 0 spiro atoms. The molecule has 0 aromatic heterocycles. The van der Waals surface area contributed by atoms with Gasteiger partial charge in [0.05, 0.1) is 50.8 Å². The topological polar surface area (TPSA) is 92.8 Å². The van der Waals surface area contributed by atoms with E-state index in [-0.39, 0.29) is 0 Å². The molecule has 6 aliphatic rings. The van der Waals surface area contributed by atoms with Gasteiger partial charge in [-0.3, -0.25) is 0 Å². The number of fused-ring (bicyclic) bond motifs is 3. The van der Waals surface area contributed by atoms with Gasteiger partial charge < -0.3 is 28.4 Å². The maximum atomic E-state index is 11.9. The van der Waals surface area contributed by atoms with E-state index in [0.717, 1.165) is 64.2 Å². The molecule has 8 nitrogen and oxygen atoms in total. The maximum Gasteiger partial charge on any atom is 0.508 e. The number of carbonyl (C=O) groups is 2. The second-order valence-corrected chi connectivity index (χ2v) is 10.5. The lowest BCUT2D eigenvalue weighted by Gasteiger charge is -2.44. The van der Waals surface area contributed by atoms with Crippen LogP contribution in [0.1, 0.15) is 64.2 Å². The fourth-order valence-corrected chi connectivity index (χ4v) is 5.86. The third-order valence-corrected chi connectivity index (χ3v) is 7.93. The first-order valence-electron chi connectivity index (χ1n) is 12.5. The first-order valence-corrected chi connectivity index (χ1v) is 12.5. The van der Waals surface area contributed by atoms with E-state index in [1.165, 1.54) is 0 Å². The Morgan fingerprint density at radius 3 is 1.53 bits per heavy atom. The SMILES string of the molecule is O=C(OCC1CCC(COC(=O)OCC2CCC3OC3C2)CC1)OCC1CC2CC(C1)O2. The molecule has 0 amide bonds. The number of epoxide rings is 1. The summed E-state index contributed by atoms with van der Waals surface area (Å²) in [5.74, 6) is 1.50. The van der Waals surface area contributed by atoms with E-state index in [1.54, 1.807) is 0 Å². The van der Waals surface area contributed by atoms with Gasteiger partial charge in [-0.15, -0.1) is 0 Å². The van der Waals surface area contributed by atoms with Crippen LogP contribution < -0.4 is 0 Å². The Labute approximate surface area is 189 Å². The van der Waals surface area contributed by atoms with Crippen molar-refractivity contribution in [2.75, 3.05) is 26.4 Å². The summed E-state index contributed by atoms with van der Waals surface area (Å²) in [6, 6.07) is 0. The number of rotatable bonds is 8. The molecule has 0 aromatic rings. The first kappa shape index (κ1) is 22.3. The fraction of sp³-hybridized carbons (Fsp3) is 0.917. The lowest BCUT2D eigenvalue weighted by atomic mass is 9.81. The summed E-state index contributed by atoms with van der Waals surface area (Å²) in [5, 5.41) is 0. The van der Waals surface area contributed by atoms with Gasteiger partial charge in [0, 0.05) is 0 Å². The summed E-state index contributed by atoms with van der Waals surface area (Å²) in [6.07, 6.45) is 10.6. The van der Waals surface area contributed by atoms with Gasteiger partial charge in [0.25, 0.3) is 0 Å². The van der Waals surface area contributed by atoms with Gasteiger partial charge in [-0.05, 0) is 87.9 Å². The van der Waals surface area contributed by atoms with Crippen LogP contribution in [0.4, 0.5) is 9.59 Å². The normalized spacial score (nSPS) is 39.8. The minimum absolute atomic E-state index is 0.348. The maximum absolute atomic E-state index is 11.9. The van der Waals surface area contributed by atoms with Crippen LogP contribution in [0.5, 0.6) is 0 Å². The molecule has 3 aliphatic carbocycles. The molecule has 0 N–H and O–H groups in total. The molecule has 32 heavy (non-hydrogen) atoms. The van der Waals surface area contributed by atoms with Crippen LogP contribution in [-0.4, -0.2) is 63.2 Å². The van der Waals surface area contributed by atoms with Crippen molar-refractivity contribution in [2.45, 2.75) is 88.6 Å². The predicted octanol–water partition coefficient (Wildman–Crippen LogP) is 4.23. The molecule has 3 saturated carbocycles. The molecular formula is C24H36O8. The second-order valence-electron chi connectivity index (χ2n) is 10.5. The Kier molecular flexibility index (Phi) is 7.07. The van der Waals surface area contributed by atoms with Crippen LogP contribution in [0.25, 0.3) is 0 Å². The number of ether oxygens (including phenoxy) is 6. The smallest absolute Gasteiger partial charge is 0.434 e. The quantitative estimate of drug-likeness (QED) is 0.399. The molecule has 0 aromatic carbocycles. The molecule has 6 fully saturated rings. The van der Waals surface area contributed by atoms with Crippen molar-refractivity contribution in [2.24, 2.45) is 23.7 Å². The van der Waals surface area contributed by atoms with Gasteiger partial charge in [-0.1, -0.05) is 0 Å². The highest BCUT2D eigenvalue weighted by molar-refractivity contribution is 5.60. The third-order valence-electron chi connectivity index (χ3n) is 7.93. The van der Waals surface area contributed by atoms with Crippen molar-refractivity contribution < 1.29 is 38.0 Å². The zero-order valence-electron chi connectivity index (χ0n) is 18.8. The number of carbonyl (C=O) groups excluding carboxylic acids is 2. The van der Waals surface area contributed by atoms with Crippen LogP contribution >= 0.6 is 0 Å². The molecule has 5 unspecified atom stereocenters. The molecule has 180 valence electrons. The summed E-state index contributed by atoms with van der Waals surface area (Å²) < 4.78 is 32.4. The summed E-state index contributed by atoms with van der Waals surface area (Å²) in [5.41, 5.74) is 0. The molecule has 3 saturated heterocycles. The number of hydrogen-bond acceptors (Lipinski definition) is 8. The van der Waals surface area contributed by atoms with Crippen molar-refractivity contribution in [3.05, 3.63) is 0 Å². The van der Waals surface area contributed by atoms with E-state index in [9.17, 15) is 9.59 Å². The molecule has 2 bridgehead atoms.